The molecule has 146 valence electrons. The zero-order chi connectivity index (χ0) is 19.6. The second kappa shape index (κ2) is 7.79. The van der Waals surface area contributed by atoms with E-state index < -0.39 is 0 Å². The molecule has 0 saturated carbocycles. The van der Waals surface area contributed by atoms with Crippen molar-refractivity contribution in [1.29, 1.82) is 0 Å². The SMILES string of the molecule is O=C(c1ccc2ncsc2c1)N1CCC(Cn2ccnc2-c2ccccc2)CC1. The predicted molar refractivity (Wildman–Crippen MR) is 116 cm³/mol. The number of carbonyl (C=O) groups excluding carboxylic acids is 1. The van der Waals surface area contributed by atoms with Crippen LogP contribution in [0, 0.1) is 5.92 Å². The third kappa shape index (κ3) is 3.68. The molecule has 29 heavy (non-hydrogen) atoms. The molecule has 5 nitrogen and oxygen atoms in total. The van der Waals surface area contributed by atoms with Crippen LogP contribution in [-0.4, -0.2) is 38.4 Å². The van der Waals surface area contributed by atoms with Gasteiger partial charge in [0.25, 0.3) is 5.91 Å². The van der Waals surface area contributed by atoms with Gasteiger partial charge >= 0.3 is 0 Å². The molecule has 0 unspecified atom stereocenters. The molecule has 1 saturated heterocycles. The molecule has 1 aliphatic rings. The Morgan fingerprint density at radius 3 is 2.72 bits per heavy atom. The summed E-state index contributed by atoms with van der Waals surface area (Å²) in [5, 5.41) is 0. The summed E-state index contributed by atoms with van der Waals surface area (Å²) < 4.78 is 3.31. The minimum absolute atomic E-state index is 0.131. The molecule has 0 radical (unpaired) electrons. The highest BCUT2D eigenvalue weighted by Crippen LogP contribution is 2.25. The average Bonchev–Trinajstić information content (AvgIpc) is 3.43. The van der Waals surface area contributed by atoms with Crippen LogP contribution in [-0.2, 0) is 6.54 Å². The smallest absolute Gasteiger partial charge is 0.253 e. The van der Waals surface area contributed by atoms with Gasteiger partial charge in [-0.05, 0) is 37.0 Å². The van der Waals surface area contributed by atoms with E-state index in [0.29, 0.717) is 5.92 Å². The summed E-state index contributed by atoms with van der Waals surface area (Å²) >= 11 is 1.58. The van der Waals surface area contributed by atoms with Crippen LogP contribution in [0.3, 0.4) is 0 Å². The molecule has 0 aliphatic carbocycles. The van der Waals surface area contributed by atoms with E-state index in [-0.39, 0.29) is 5.91 Å². The first-order valence-corrected chi connectivity index (χ1v) is 10.8. The molecule has 3 heterocycles. The van der Waals surface area contributed by atoms with E-state index in [0.717, 1.165) is 59.6 Å². The van der Waals surface area contributed by atoms with Gasteiger partial charge in [-0.15, -0.1) is 11.3 Å². The fourth-order valence-electron chi connectivity index (χ4n) is 4.07. The van der Waals surface area contributed by atoms with Crippen molar-refractivity contribution in [3.63, 3.8) is 0 Å². The molecule has 1 aliphatic heterocycles. The Hall–Kier alpha value is -2.99. The zero-order valence-corrected chi connectivity index (χ0v) is 16.9. The molecular weight excluding hydrogens is 380 g/mol. The lowest BCUT2D eigenvalue weighted by Gasteiger charge is -2.32. The van der Waals surface area contributed by atoms with Crippen molar-refractivity contribution in [2.24, 2.45) is 5.92 Å². The van der Waals surface area contributed by atoms with Crippen molar-refractivity contribution in [2.45, 2.75) is 19.4 Å². The first-order chi connectivity index (χ1) is 14.3. The van der Waals surface area contributed by atoms with Crippen LogP contribution in [0.25, 0.3) is 21.6 Å². The van der Waals surface area contributed by atoms with Crippen molar-refractivity contribution in [3.8, 4) is 11.4 Å². The van der Waals surface area contributed by atoms with Crippen molar-refractivity contribution >= 4 is 27.5 Å². The van der Waals surface area contributed by atoms with Gasteiger partial charge in [-0.2, -0.15) is 0 Å². The summed E-state index contributed by atoms with van der Waals surface area (Å²) in [6, 6.07) is 16.1. The van der Waals surface area contributed by atoms with E-state index in [1.165, 1.54) is 0 Å². The lowest BCUT2D eigenvalue weighted by Crippen LogP contribution is -2.39. The number of aromatic nitrogens is 3. The average molecular weight is 403 g/mol. The number of hydrogen-bond donors (Lipinski definition) is 0. The van der Waals surface area contributed by atoms with Gasteiger partial charge < -0.3 is 9.47 Å². The molecule has 0 spiro atoms. The van der Waals surface area contributed by atoms with E-state index in [1.54, 1.807) is 11.3 Å². The first kappa shape index (κ1) is 18.1. The van der Waals surface area contributed by atoms with Crippen LogP contribution < -0.4 is 0 Å². The van der Waals surface area contributed by atoms with Crippen LogP contribution in [0.2, 0.25) is 0 Å². The third-order valence-corrected chi connectivity index (χ3v) is 6.47. The number of amides is 1. The third-order valence-electron chi connectivity index (χ3n) is 5.68. The van der Waals surface area contributed by atoms with Crippen LogP contribution in [0.4, 0.5) is 0 Å². The fraction of sp³-hybridized carbons (Fsp3) is 0.261. The van der Waals surface area contributed by atoms with E-state index in [1.807, 2.05) is 53.0 Å². The van der Waals surface area contributed by atoms with Gasteiger partial charge in [-0.1, -0.05) is 30.3 Å². The molecule has 2 aromatic carbocycles. The highest BCUT2D eigenvalue weighted by Gasteiger charge is 2.24. The predicted octanol–water partition coefficient (Wildman–Crippen LogP) is 4.71. The van der Waals surface area contributed by atoms with Gasteiger partial charge in [0.05, 0.1) is 15.7 Å². The first-order valence-electron chi connectivity index (χ1n) is 9.97. The highest BCUT2D eigenvalue weighted by molar-refractivity contribution is 7.16. The molecule has 2 aromatic heterocycles. The second-order valence-corrected chi connectivity index (χ2v) is 8.43. The number of nitrogens with zero attached hydrogens (tertiary/aromatic N) is 4. The monoisotopic (exact) mass is 402 g/mol. The Morgan fingerprint density at radius 2 is 1.90 bits per heavy atom. The summed E-state index contributed by atoms with van der Waals surface area (Å²) in [7, 11) is 0. The Labute approximate surface area is 173 Å². The molecule has 0 N–H and O–H groups in total. The van der Waals surface area contributed by atoms with E-state index in [2.05, 4.69) is 32.9 Å². The highest BCUT2D eigenvalue weighted by atomic mass is 32.1. The number of imidazole rings is 1. The summed E-state index contributed by atoms with van der Waals surface area (Å²) in [6.45, 7) is 2.55. The Morgan fingerprint density at radius 1 is 1.07 bits per heavy atom. The number of benzene rings is 2. The number of piperidine rings is 1. The number of rotatable bonds is 4. The number of hydrogen-bond acceptors (Lipinski definition) is 4. The summed E-state index contributed by atoms with van der Waals surface area (Å²) in [6.07, 6.45) is 5.96. The van der Waals surface area contributed by atoms with E-state index in [4.69, 9.17) is 0 Å². The van der Waals surface area contributed by atoms with Gasteiger partial charge in [0.2, 0.25) is 0 Å². The summed E-state index contributed by atoms with van der Waals surface area (Å²) in [5.74, 6) is 1.70. The maximum atomic E-state index is 12.9. The van der Waals surface area contributed by atoms with Gasteiger partial charge in [0, 0.05) is 43.2 Å². The van der Waals surface area contributed by atoms with Gasteiger partial charge in [0.15, 0.2) is 0 Å². The van der Waals surface area contributed by atoms with Crippen LogP contribution in [0.1, 0.15) is 23.2 Å². The summed E-state index contributed by atoms with van der Waals surface area (Å²) in [5.41, 5.74) is 4.69. The van der Waals surface area contributed by atoms with Crippen molar-refractivity contribution < 1.29 is 4.79 Å². The lowest BCUT2D eigenvalue weighted by atomic mass is 9.96. The molecule has 6 heteroatoms. The minimum atomic E-state index is 0.131. The maximum Gasteiger partial charge on any atom is 0.253 e. The lowest BCUT2D eigenvalue weighted by molar-refractivity contribution is 0.0683. The number of carbonyl (C=O) groups is 1. The van der Waals surface area contributed by atoms with E-state index >= 15 is 0 Å². The number of likely N-dealkylation sites (tertiary alicyclic amines) is 1. The zero-order valence-electron chi connectivity index (χ0n) is 16.1. The van der Waals surface area contributed by atoms with Crippen molar-refractivity contribution in [2.75, 3.05) is 13.1 Å². The van der Waals surface area contributed by atoms with Crippen LogP contribution in [0.15, 0.2) is 66.4 Å². The largest absolute Gasteiger partial charge is 0.339 e. The Balaban J connectivity index is 1.23. The minimum Gasteiger partial charge on any atom is -0.339 e. The summed E-state index contributed by atoms with van der Waals surface area (Å²) in [4.78, 5) is 23.8. The Bertz CT molecular complexity index is 1130. The van der Waals surface area contributed by atoms with Gasteiger partial charge in [0.1, 0.15) is 5.82 Å². The molecule has 1 amide bonds. The maximum absolute atomic E-state index is 12.9. The van der Waals surface area contributed by atoms with Crippen LogP contribution >= 0.6 is 11.3 Å². The molecular formula is C23H22N4OS. The van der Waals surface area contributed by atoms with E-state index in [9.17, 15) is 4.79 Å². The van der Waals surface area contributed by atoms with Crippen molar-refractivity contribution in [3.05, 3.63) is 72.0 Å². The quantitative estimate of drug-likeness (QED) is 0.497. The topological polar surface area (TPSA) is 51.0 Å². The molecule has 5 rings (SSSR count). The number of fused-ring (bicyclic) bond motifs is 1. The fourth-order valence-corrected chi connectivity index (χ4v) is 4.79. The molecule has 1 fully saturated rings. The molecule has 4 aromatic rings. The van der Waals surface area contributed by atoms with Gasteiger partial charge in [-0.3, -0.25) is 4.79 Å². The molecule has 0 bridgehead atoms. The second-order valence-electron chi connectivity index (χ2n) is 7.54. The van der Waals surface area contributed by atoms with Crippen LogP contribution in [0.5, 0.6) is 0 Å². The van der Waals surface area contributed by atoms with Gasteiger partial charge in [-0.25, -0.2) is 9.97 Å². The Kier molecular flexibility index (Phi) is 4.86. The standard InChI is InChI=1S/C23H22N4OS/c28-23(19-6-7-20-21(14-19)29-16-25-20)26-11-8-17(9-12-26)15-27-13-10-24-22(27)18-4-2-1-3-5-18/h1-7,10,13-14,16-17H,8-9,11-12,15H2. The normalized spacial score (nSPS) is 15.1. The number of thiazole rings is 1. The van der Waals surface area contributed by atoms with Crippen molar-refractivity contribution in [1.82, 2.24) is 19.4 Å². The molecule has 0 atom stereocenters.